The number of rotatable bonds is 4. The Balaban J connectivity index is 2.23. The van der Waals surface area contributed by atoms with E-state index in [2.05, 4.69) is 11.6 Å². The Bertz CT molecular complexity index is 568. The van der Waals surface area contributed by atoms with Crippen molar-refractivity contribution in [2.75, 3.05) is 0 Å². The molecule has 2 rings (SSSR count). The van der Waals surface area contributed by atoms with Crippen LogP contribution in [0.25, 0.3) is 0 Å². The molecule has 6 heteroatoms. The molecule has 0 radical (unpaired) electrons. The molecule has 0 aromatic carbocycles. The number of furan rings is 1. The minimum atomic E-state index is -3.63. The molecule has 5 nitrogen and oxygen atoms in total. The van der Waals surface area contributed by atoms with Crippen molar-refractivity contribution in [2.24, 2.45) is 5.92 Å². The van der Waals surface area contributed by atoms with Gasteiger partial charge in [0, 0.05) is 11.6 Å². The first-order valence-electron chi connectivity index (χ1n) is 7.07. The van der Waals surface area contributed by atoms with Crippen molar-refractivity contribution >= 4 is 10.0 Å². The summed E-state index contributed by atoms with van der Waals surface area (Å²) >= 11 is 0. The highest BCUT2D eigenvalue weighted by atomic mass is 32.2. The molecule has 1 fully saturated rings. The predicted molar refractivity (Wildman–Crippen MR) is 75.8 cm³/mol. The third kappa shape index (κ3) is 3.07. The molecule has 0 atom stereocenters. The maximum Gasteiger partial charge on any atom is 0.244 e. The van der Waals surface area contributed by atoms with Crippen molar-refractivity contribution in [3.05, 3.63) is 17.1 Å². The molecule has 0 bridgehead atoms. The Morgan fingerprint density at radius 3 is 2.35 bits per heavy atom. The quantitative estimate of drug-likeness (QED) is 0.894. The Labute approximate surface area is 120 Å². The molecule has 1 aliphatic carbocycles. The summed E-state index contributed by atoms with van der Waals surface area (Å²) in [7, 11) is -3.63. The van der Waals surface area contributed by atoms with Gasteiger partial charge in [0.1, 0.15) is 16.4 Å². The van der Waals surface area contributed by atoms with Crippen LogP contribution in [0.5, 0.6) is 0 Å². The summed E-state index contributed by atoms with van der Waals surface area (Å²) in [6.07, 6.45) is 3.82. The standard InChI is InChI=1S/C14H23NO4S/c1-9-4-6-12(7-5-9)15-20(17,18)14-11(3)19-10(2)13(14)8-16/h9,12,15-16H,4-8H2,1-3H3. The molecule has 0 saturated heterocycles. The smallest absolute Gasteiger partial charge is 0.244 e. The first-order valence-corrected chi connectivity index (χ1v) is 8.55. The molecule has 114 valence electrons. The number of hydrogen-bond acceptors (Lipinski definition) is 4. The third-order valence-corrected chi connectivity index (χ3v) is 5.80. The fourth-order valence-electron chi connectivity index (χ4n) is 2.90. The zero-order valence-corrected chi connectivity index (χ0v) is 13.1. The van der Waals surface area contributed by atoms with E-state index >= 15 is 0 Å². The molecule has 1 aromatic rings. The maximum absolute atomic E-state index is 12.5. The molecular formula is C14H23NO4S. The Kier molecular flexibility index (Phi) is 4.56. The van der Waals surface area contributed by atoms with Gasteiger partial charge >= 0.3 is 0 Å². The van der Waals surface area contributed by atoms with E-state index in [9.17, 15) is 13.5 Å². The number of aliphatic hydroxyl groups excluding tert-OH is 1. The summed E-state index contributed by atoms with van der Waals surface area (Å²) in [6.45, 7) is 5.14. The minimum Gasteiger partial charge on any atom is -0.465 e. The van der Waals surface area contributed by atoms with Crippen LogP contribution >= 0.6 is 0 Å². The van der Waals surface area contributed by atoms with Gasteiger partial charge in [-0.05, 0) is 45.4 Å². The summed E-state index contributed by atoms with van der Waals surface area (Å²) in [5.41, 5.74) is 0.360. The number of sulfonamides is 1. The number of aliphatic hydroxyl groups is 1. The van der Waals surface area contributed by atoms with Gasteiger partial charge < -0.3 is 9.52 Å². The van der Waals surface area contributed by atoms with Crippen LogP contribution in [0.1, 0.15) is 49.7 Å². The van der Waals surface area contributed by atoms with Crippen molar-refractivity contribution in [1.82, 2.24) is 4.72 Å². The summed E-state index contributed by atoms with van der Waals surface area (Å²) in [5, 5.41) is 9.36. The number of nitrogens with one attached hydrogen (secondary N) is 1. The van der Waals surface area contributed by atoms with Gasteiger partial charge in [-0.15, -0.1) is 0 Å². The number of aryl methyl sites for hydroxylation is 2. The van der Waals surface area contributed by atoms with Gasteiger partial charge in [0.2, 0.25) is 10.0 Å². The van der Waals surface area contributed by atoms with Crippen LogP contribution in [0, 0.1) is 19.8 Å². The molecule has 0 aliphatic heterocycles. The van der Waals surface area contributed by atoms with Gasteiger partial charge in [-0.2, -0.15) is 0 Å². The van der Waals surface area contributed by atoms with Gasteiger partial charge in [0.15, 0.2) is 0 Å². The normalized spacial score (nSPS) is 24.0. The first kappa shape index (κ1) is 15.5. The monoisotopic (exact) mass is 301 g/mol. The second-order valence-electron chi connectivity index (χ2n) is 5.76. The van der Waals surface area contributed by atoms with E-state index in [0.29, 0.717) is 23.0 Å². The number of hydrogen-bond donors (Lipinski definition) is 2. The van der Waals surface area contributed by atoms with Gasteiger partial charge in [0.05, 0.1) is 6.61 Å². The molecule has 20 heavy (non-hydrogen) atoms. The van der Waals surface area contributed by atoms with Crippen molar-refractivity contribution in [3.8, 4) is 0 Å². The van der Waals surface area contributed by atoms with E-state index in [1.54, 1.807) is 13.8 Å². The Morgan fingerprint density at radius 1 is 1.20 bits per heavy atom. The average molecular weight is 301 g/mol. The molecule has 1 aromatic heterocycles. The highest BCUT2D eigenvalue weighted by molar-refractivity contribution is 7.89. The molecule has 2 N–H and O–H groups in total. The maximum atomic E-state index is 12.5. The lowest BCUT2D eigenvalue weighted by Crippen LogP contribution is -2.37. The zero-order valence-electron chi connectivity index (χ0n) is 12.3. The molecule has 1 saturated carbocycles. The summed E-state index contributed by atoms with van der Waals surface area (Å²) < 4.78 is 33.1. The van der Waals surface area contributed by atoms with E-state index in [4.69, 9.17) is 4.42 Å². The van der Waals surface area contributed by atoms with E-state index in [1.807, 2.05) is 0 Å². The lowest BCUT2D eigenvalue weighted by Gasteiger charge is -2.26. The van der Waals surface area contributed by atoms with E-state index in [1.165, 1.54) is 0 Å². The molecule has 0 amide bonds. The molecule has 1 heterocycles. The van der Waals surface area contributed by atoms with Crippen molar-refractivity contribution in [3.63, 3.8) is 0 Å². The van der Waals surface area contributed by atoms with E-state index in [-0.39, 0.29) is 17.5 Å². The molecule has 0 spiro atoms. The Hall–Kier alpha value is -0.850. The van der Waals surface area contributed by atoms with Gasteiger partial charge in [-0.3, -0.25) is 0 Å². The van der Waals surface area contributed by atoms with Gasteiger partial charge in [0.25, 0.3) is 0 Å². The molecule has 0 unspecified atom stereocenters. The average Bonchev–Trinajstić information content (AvgIpc) is 2.66. The van der Waals surface area contributed by atoms with E-state index in [0.717, 1.165) is 25.7 Å². The van der Waals surface area contributed by atoms with Crippen LogP contribution in [-0.2, 0) is 16.6 Å². The van der Waals surface area contributed by atoms with Crippen LogP contribution < -0.4 is 4.72 Å². The summed E-state index contributed by atoms with van der Waals surface area (Å²) in [4.78, 5) is 0.108. The second kappa shape index (κ2) is 5.87. The van der Waals surface area contributed by atoms with E-state index < -0.39 is 10.0 Å². The van der Waals surface area contributed by atoms with Crippen molar-refractivity contribution in [2.45, 2.75) is 64.0 Å². The summed E-state index contributed by atoms with van der Waals surface area (Å²) in [6, 6.07) is -0.0163. The minimum absolute atomic E-state index is 0.0163. The highest BCUT2D eigenvalue weighted by Crippen LogP contribution is 2.29. The lowest BCUT2D eigenvalue weighted by atomic mass is 9.88. The summed E-state index contributed by atoms with van der Waals surface area (Å²) in [5.74, 6) is 1.47. The third-order valence-electron chi connectivity index (χ3n) is 4.09. The predicted octanol–water partition coefficient (Wildman–Crippen LogP) is 2.25. The Morgan fingerprint density at radius 2 is 1.80 bits per heavy atom. The fraction of sp³-hybridized carbons (Fsp3) is 0.714. The van der Waals surface area contributed by atoms with Crippen LogP contribution in [0.3, 0.4) is 0 Å². The molecule has 1 aliphatic rings. The highest BCUT2D eigenvalue weighted by Gasteiger charge is 2.30. The van der Waals surface area contributed by atoms with Crippen LogP contribution in [0.2, 0.25) is 0 Å². The van der Waals surface area contributed by atoms with Gasteiger partial charge in [-0.1, -0.05) is 6.92 Å². The largest absolute Gasteiger partial charge is 0.465 e. The first-order chi connectivity index (χ1) is 9.35. The topological polar surface area (TPSA) is 79.5 Å². The van der Waals surface area contributed by atoms with Crippen LogP contribution in [0.15, 0.2) is 9.31 Å². The second-order valence-corrected chi connectivity index (χ2v) is 7.41. The van der Waals surface area contributed by atoms with Crippen LogP contribution in [-0.4, -0.2) is 19.6 Å². The zero-order chi connectivity index (χ0) is 14.9. The fourth-order valence-corrected chi connectivity index (χ4v) is 4.65. The lowest BCUT2D eigenvalue weighted by molar-refractivity contribution is 0.276. The van der Waals surface area contributed by atoms with Crippen LogP contribution in [0.4, 0.5) is 0 Å². The SMILES string of the molecule is Cc1oc(C)c(S(=O)(=O)NC2CCC(C)CC2)c1CO. The van der Waals surface area contributed by atoms with Crippen molar-refractivity contribution in [1.29, 1.82) is 0 Å². The van der Waals surface area contributed by atoms with Crippen molar-refractivity contribution < 1.29 is 17.9 Å². The van der Waals surface area contributed by atoms with Gasteiger partial charge in [-0.25, -0.2) is 13.1 Å². The molecular weight excluding hydrogens is 278 g/mol.